The van der Waals surface area contributed by atoms with Crippen LogP contribution in [0.15, 0.2) is 18.5 Å². The SMILES string of the molecule is CC12CC(N3CCN(CCF)CC3)C[C@H]1[C@@H]2n1cc(-c2cnc(N)c(C(F)(F)F)c2)nc1CC1CC1. The highest BCUT2D eigenvalue weighted by molar-refractivity contribution is 5.62. The van der Waals surface area contributed by atoms with E-state index in [0.29, 0.717) is 41.7 Å². The molecule has 4 fully saturated rings. The van der Waals surface area contributed by atoms with Gasteiger partial charge in [-0.25, -0.2) is 14.4 Å². The van der Waals surface area contributed by atoms with E-state index in [4.69, 9.17) is 10.7 Å². The van der Waals surface area contributed by atoms with Gasteiger partial charge >= 0.3 is 6.18 Å². The zero-order valence-electron chi connectivity index (χ0n) is 20.6. The number of nitrogens with two attached hydrogens (primary N) is 1. The molecular weight excluding hydrogens is 472 g/mol. The lowest BCUT2D eigenvalue weighted by Gasteiger charge is -2.39. The van der Waals surface area contributed by atoms with Crippen molar-refractivity contribution in [3.63, 3.8) is 0 Å². The summed E-state index contributed by atoms with van der Waals surface area (Å²) in [6.07, 6.45) is 4.27. The molecule has 2 N–H and O–H groups in total. The number of hydrogen-bond donors (Lipinski definition) is 1. The monoisotopic (exact) mass is 506 g/mol. The van der Waals surface area contributed by atoms with E-state index < -0.39 is 17.6 Å². The van der Waals surface area contributed by atoms with Gasteiger partial charge in [0.15, 0.2) is 0 Å². The summed E-state index contributed by atoms with van der Waals surface area (Å²) in [5.74, 6) is 1.63. The molecule has 4 aliphatic rings. The van der Waals surface area contributed by atoms with E-state index in [-0.39, 0.29) is 12.1 Å². The number of rotatable bonds is 7. The second kappa shape index (κ2) is 8.68. The molecule has 36 heavy (non-hydrogen) atoms. The van der Waals surface area contributed by atoms with Gasteiger partial charge in [-0.2, -0.15) is 13.2 Å². The second-order valence-corrected chi connectivity index (χ2v) is 11.5. The lowest BCUT2D eigenvalue weighted by atomic mass is 10.0. The number of halogens is 4. The standard InChI is InChI=1S/C26H34F4N6/c1-25-13-18(35-8-6-34(5-4-27)7-9-35)12-19(25)23(25)36-15-21(33-22(36)10-16-2-3-16)17-11-20(26(28,29)30)24(31)32-14-17/h11,14-16,18-19,23H,2-10,12-13H2,1H3,(H2,31,32)/t18?,19-,23-,25?/m0/s1. The summed E-state index contributed by atoms with van der Waals surface area (Å²) < 4.78 is 55.3. The molecule has 1 saturated heterocycles. The molecule has 2 aromatic heterocycles. The summed E-state index contributed by atoms with van der Waals surface area (Å²) in [5, 5.41) is 0. The average molecular weight is 507 g/mol. The molecule has 4 atom stereocenters. The maximum absolute atomic E-state index is 13.4. The van der Waals surface area contributed by atoms with Crippen LogP contribution in [0.5, 0.6) is 0 Å². The summed E-state index contributed by atoms with van der Waals surface area (Å²) in [6.45, 7) is 6.44. The lowest BCUT2D eigenvalue weighted by Crippen LogP contribution is -2.50. The highest BCUT2D eigenvalue weighted by Crippen LogP contribution is 2.71. The van der Waals surface area contributed by atoms with E-state index in [1.54, 1.807) is 0 Å². The summed E-state index contributed by atoms with van der Waals surface area (Å²) in [5.41, 5.74) is 5.67. The van der Waals surface area contributed by atoms with Gasteiger partial charge in [-0.3, -0.25) is 9.80 Å². The van der Waals surface area contributed by atoms with Gasteiger partial charge in [-0.05, 0) is 49.0 Å². The van der Waals surface area contributed by atoms with Crippen molar-refractivity contribution in [2.24, 2.45) is 17.3 Å². The maximum atomic E-state index is 13.4. The molecule has 3 saturated carbocycles. The first-order valence-electron chi connectivity index (χ1n) is 13.1. The first kappa shape index (κ1) is 24.2. The van der Waals surface area contributed by atoms with Crippen molar-refractivity contribution in [1.29, 1.82) is 0 Å². The summed E-state index contributed by atoms with van der Waals surface area (Å²) >= 11 is 0. The van der Waals surface area contributed by atoms with Crippen LogP contribution < -0.4 is 5.73 Å². The maximum Gasteiger partial charge on any atom is 0.419 e. The number of anilines is 1. The van der Waals surface area contributed by atoms with E-state index in [1.807, 2.05) is 6.20 Å². The van der Waals surface area contributed by atoms with E-state index >= 15 is 0 Å². The molecule has 0 aromatic carbocycles. The molecule has 6 nitrogen and oxygen atoms in total. The van der Waals surface area contributed by atoms with Gasteiger partial charge in [0.25, 0.3) is 0 Å². The van der Waals surface area contributed by atoms with Crippen molar-refractivity contribution >= 4 is 5.82 Å². The van der Waals surface area contributed by atoms with Crippen LogP contribution in [0.3, 0.4) is 0 Å². The van der Waals surface area contributed by atoms with Crippen molar-refractivity contribution < 1.29 is 17.6 Å². The number of fused-ring (bicyclic) bond motifs is 1. The molecule has 196 valence electrons. The minimum Gasteiger partial charge on any atom is -0.383 e. The minimum absolute atomic E-state index is 0.174. The number of aromatic nitrogens is 3. The molecular formula is C26H34F4N6. The Hall–Kier alpha value is -2.20. The Bertz CT molecular complexity index is 1120. The molecule has 0 radical (unpaired) electrons. The third-order valence-corrected chi connectivity index (χ3v) is 9.12. The highest BCUT2D eigenvalue weighted by Gasteiger charge is 2.67. The Morgan fingerprint density at radius 2 is 1.92 bits per heavy atom. The molecule has 0 spiro atoms. The van der Waals surface area contributed by atoms with Crippen molar-refractivity contribution in [1.82, 2.24) is 24.3 Å². The quantitative estimate of drug-likeness (QED) is 0.563. The zero-order chi connectivity index (χ0) is 25.2. The summed E-state index contributed by atoms with van der Waals surface area (Å²) in [7, 11) is 0. The van der Waals surface area contributed by atoms with E-state index in [0.717, 1.165) is 57.3 Å². The average Bonchev–Trinajstić information content (AvgIpc) is 3.65. The third kappa shape index (κ3) is 4.30. The number of pyridine rings is 1. The fourth-order valence-electron chi connectivity index (χ4n) is 6.84. The first-order valence-corrected chi connectivity index (χ1v) is 13.1. The fraction of sp³-hybridized carbons (Fsp3) is 0.692. The van der Waals surface area contributed by atoms with Crippen LogP contribution in [0.2, 0.25) is 0 Å². The van der Waals surface area contributed by atoms with Crippen molar-refractivity contribution in [2.75, 3.05) is 45.1 Å². The molecule has 1 aliphatic heterocycles. The number of hydrogen-bond acceptors (Lipinski definition) is 5. The summed E-state index contributed by atoms with van der Waals surface area (Å²) in [4.78, 5) is 13.4. The largest absolute Gasteiger partial charge is 0.419 e. The van der Waals surface area contributed by atoms with Crippen molar-refractivity contribution in [3.8, 4) is 11.3 Å². The second-order valence-electron chi connectivity index (χ2n) is 11.5. The van der Waals surface area contributed by atoms with Crippen LogP contribution in [0.1, 0.15) is 50.0 Å². The van der Waals surface area contributed by atoms with Gasteiger partial charge in [-0.1, -0.05) is 6.92 Å². The smallest absolute Gasteiger partial charge is 0.383 e. The van der Waals surface area contributed by atoms with Gasteiger partial charge in [-0.15, -0.1) is 0 Å². The van der Waals surface area contributed by atoms with Crippen LogP contribution in [0.4, 0.5) is 23.4 Å². The molecule has 0 amide bonds. The van der Waals surface area contributed by atoms with Crippen LogP contribution >= 0.6 is 0 Å². The number of nitrogen functional groups attached to an aromatic ring is 1. The van der Waals surface area contributed by atoms with Gasteiger partial charge in [0.1, 0.15) is 18.3 Å². The predicted molar refractivity (Wildman–Crippen MR) is 129 cm³/mol. The predicted octanol–water partition coefficient (Wildman–Crippen LogP) is 4.43. The number of imidazole rings is 1. The lowest BCUT2D eigenvalue weighted by molar-refractivity contribution is -0.137. The normalized spacial score (nSPS) is 31.1. The Labute approximate surface area is 208 Å². The Morgan fingerprint density at radius 3 is 2.53 bits per heavy atom. The Morgan fingerprint density at radius 1 is 1.17 bits per heavy atom. The van der Waals surface area contributed by atoms with Crippen LogP contribution in [-0.4, -0.2) is 69.8 Å². The molecule has 10 heteroatoms. The van der Waals surface area contributed by atoms with Gasteiger partial charge in [0.2, 0.25) is 0 Å². The molecule has 3 aliphatic carbocycles. The Balaban J connectivity index is 1.21. The molecule has 2 aromatic rings. The molecule has 0 bridgehead atoms. The number of nitrogens with zero attached hydrogens (tertiary/aromatic N) is 5. The van der Waals surface area contributed by atoms with Crippen molar-refractivity contribution in [3.05, 3.63) is 29.8 Å². The van der Waals surface area contributed by atoms with Crippen molar-refractivity contribution in [2.45, 2.75) is 57.3 Å². The Kier molecular flexibility index (Phi) is 5.83. The third-order valence-electron chi connectivity index (χ3n) is 9.12. The van der Waals surface area contributed by atoms with E-state index in [1.165, 1.54) is 19.0 Å². The number of alkyl halides is 4. The fourth-order valence-corrected chi connectivity index (χ4v) is 6.84. The topological polar surface area (TPSA) is 63.2 Å². The van der Waals surface area contributed by atoms with Crippen LogP contribution in [-0.2, 0) is 12.6 Å². The van der Waals surface area contributed by atoms with E-state index in [9.17, 15) is 17.6 Å². The number of piperazine rings is 1. The van der Waals surface area contributed by atoms with Crippen LogP contribution in [0.25, 0.3) is 11.3 Å². The zero-order valence-corrected chi connectivity index (χ0v) is 20.6. The molecule has 6 rings (SSSR count). The van der Waals surface area contributed by atoms with Gasteiger partial charge in [0, 0.05) is 69.2 Å². The van der Waals surface area contributed by atoms with E-state index in [2.05, 4.69) is 26.3 Å². The molecule has 2 unspecified atom stereocenters. The van der Waals surface area contributed by atoms with Gasteiger partial charge in [0.05, 0.1) is 11.3 Å². The minimum atomic E-state index is -4.56. The van der Waals surface area contributed by atoms with Gasteiger partial charge < -0.3 is 10.3 Å². The molecule has 3 heterocycles. The van der Waals surface area contributed by atoms with Crippen LogP contribution in [0, 0.1) is 17.3 Å². The summed E-state index contributed by atoms with van der Waals surface area (Å²) in [6, 6.07) is 1.96. The first-order chi connectivity index (χ1) is 17.2. The highest BCUT2D eigenvalue weighted by atomic mass is 19.4.